The predicted molar refractivity (Wildman–Crippen MR) is 108 cm³/mol. The molecule has 1 atom stereocenters. The van der Waals surface area contributed by atoms with E-state index in [9.17, 15) is 4.79 Å². The van der Waals surface area contributed by atoms with Gasteiger partial charge in [0, 0.05) is 30.6 Å². The zero-order valence-electron chi connectivity index (χ0n) is 16.1. The van der Waals surface area contributed by atoms with Crippen molar-refractivity contribution in [2.75, 3.05) is 24.5 Å². The number of amides is 1. The number of H-pyrrole nitrogens is 1. The van der Waals surface area contributed by atoms with Gasteiger partial charge in [-0.25, -0.2) is 4.39 Å². The second-order valence-electron chi connectivity index (χ2n) is 7.88. The molecule has 0 radical (unpaired) electrons. The summed E-state index contributed by atoms with van der Waals surface area (Å²) < 4.78 is 15.2. The quantitative estimate of drug-likeness (QED) is 0.682. The first kappa shape index (κ1) is 17.7. The largest absolute Gasteiger partial charge is 0.309 e. The van der Waals surface area contributed by atoms with Crippen LogP contribution in [0.25, 0.3) is 22.0 Å². The maximum atomic E-state index is 15.2. The highest BCUT2D eigenvalue weighted by molar-refractivity contribution is 6.02. The SMILES string of the molecule is Cc1ccc2[nH]ncc2c1-c1ccc2c(c1)CCN2C(=O)C1(F)CCN(C#N)C1. The normalized spacial score (nSPS) is 20.9. The molecular weight excluding hydrogens is 369 g/mol. The minimum absolute atomic E-state index is 0.0605. The molecule has 1 N–H and O–H groups in total. The molecule has 3 aromatic rings. The number of halogens is 1. The van der Waals surface area contributed by atoms with Gasteiger partial charge < -0.3 is 9.80 Å². The fourth-order valence-electron chi connectivity index (χ4n) is 4.55. The van der Waals surface area contributed by atoms with Crippen LogP contribution < -0.4 is 4.90 Å². The molecule has 2 aliphatic heterocycles. The Labute approximate surface area is 167 Å². The summed E-state index contributed by atoms with van der Waals surface area (Å²) in [7, 11) is 0. The number of nitrogens with zero attached hydrogens (tertiary/aromatic N) is 4. The fourth-order valence-corrected chi connectivity index (χ4v) is 4.55. The summed E-state index contributed by atoms with van der Waals surface area (Å²) in [6, 6.07) is 10.1. The van der Waals surface area contributed by atoms with E-state index in [1.54, 1.807) is 4.90 Å². The Morgan fingerprint density at radius 3 is 2.97 bits per heavy atom. The number of aromatic nitrogens is 2. The number of benzene rings is 2. The second-order valence-corrected chi connectivity index (χ2v) is 7.88. The van der Waals surface area contributed by atoms with Crippen LogP contribution in [0.1, 0.15) is 17.5 Å². The summed E-state index contributed by atoms with van der Waals surface area (Å²) in [4.78, 5) is 15.8. The summed E-state index contributed by atoms with van der Waals surface area (Å²) in [5.41, 5.74) is 4.12. The molecule has 1 aromatic heterocycles. The summed E-state index contributed by atoms with van der Waals surface area (Å²) in [5.74, 6) is -0.533. The Bertz CT molecular complexity index is 1180. The third kappa shape index (κ3) is 2.67. The van der Waals surface area contributed by atoms with E-state index < -0.39 is 11.6 Å². The molecule has 0 spiro atoms. The zero-order valence-corrected chi connectivity index (χ0v) is 16.1. The number of carbonyl (C=O) groups excluding carboxylic acids is 1. The molecule has 2 aromatic carbocycles. The molecule has 146 valence electrons. The molecule has 29 heavy (non-hydrogen) atoms. The van der Waals surface area contributed by atoms with E-state index in [1.165, 1.54) is 4.90 Å². The van der Waals surface area contributed by atoms with Crippen LogP contribution >= 0.6 is 0 Å². The molecule has 0 aliphatic carbocycles. The molecule has 0 bridgehead atoms. The van der Waals surface area contributed by atoms with Gasteiger partial charge in [-0.15, -0.1) is 0 Å². The van der Waals surface area contributed by atoms with Gasteiger partial charge in [-0.2, -0.15) is 10.4 Å². The van der Waals surface area contributed by atoms with E-state index in [0.29, 0.717) is 13.0 Å². The number of aryl methyl sites for hydroxylation is 1. The summed E-state index contributed by atoms with van der Waals surface area (Å²) in [5, 5.41) is 17.2. The molecule has 7 heteroatoms. The van der Waals surface area contributed by atoms with Crippen molar-refractivity contribution < 1.29 is 9.18 Å². The van der Waals surface area contributed by atoms with Crippen LogP contribution in [0.5, 0.6) is 0 Å². The third-order valence-electron chi connectivity index (χ3n) is 6.09. The van der Waals surface area contributed by atoms with Gasteiger partial charge in [0.15, 0.2) is 6.19 Å². The van der Waals surface area contributed by atoms with Crippen molar-refractivity contribution in [2.45, 2.75) is 25.4 Å². The number of hydrogen-bond donors (Lipinski definition) is 1. The van der Waals surface area contributed by atoms with Crippen molar-refractivity contribution in [3.63, 3.8) is 0 Å². The van der Waals surface area contributed by atoms with Crippen molar-refractivity contribution in [3.05, 3.63) is 47.7 Å². The van der Waals surface area contributed by atoms with Crippen LogP contribution in [-0.4, -0.2) is 46.3 Å². The number of fused-ring (bicyclic) bond motifs is 2. The van der Waals surface area contributed by atoms with E-state index in [4.69, 9.17) is 5.26 Å². The molecule has 2 aliphatic rings. The molecule has 1 fully saturated rings. The molecule has 5 rings (SSSR count). The first-order chi connectivity index (χ1) is 14.0. The van der Waals surface area contributed by atoms with Crippen molar-refractivity contribution >= 4 is 22.5 Å². The minimum Gasteiger partial charge on any atom is -0.309 e. The van der Waals surface area contributed by atoms with Gasteiger partial charge >= 0.3 is 0 Å². The predicted octanol–water partition coefficient (Wildman–Crippen LogP) is 3.32. The van der Waals surface area contributed by atoms with E-state index in [0.717, 1.165) is 38.8 Å². The maximum Gasteiger partial charge on any atom is 0.266 e. The Hall–Kier alpha value is -3.40. The smallest absolute Gasteiger partial charge is 0.266 e. The summed E-state index contributed by atoms with van der Waals surface area (Å²) in [6.07, 6.45) is 4.52. The lowest BCUT2D eigenvalue weighted by atomic mass is 9.95. The van der Waals surface area contributed by atoms with E-state index in [2.05, 4.69) is 29.3 Å². The van der Waals surface area contributed by atoms with Crippen molar-refractivity contribution in [1.82, 2.24) is 15.1 Å². The van der Waals surface area contributed by atoms with Crippen molar-refractivity contribution in [2.24, 2.45) is 0 Å². The van der Waals surface area contributed by atoms with Crippen molar-refractivity contribution in [1.29, 1.82) is 5.26 Å². The number of nitriles is 1. The first-order valence-corrected chi connectivity index (χ1v) is 9.72. The Balaban J connectivity index is 1.50. The number of carbonyl (C=O) groups is 1. The average molecular weight is 389 g/mol. The Morgan fingerprint density at radius 1 is 1.31 bits per heavy atom. The number of alkyl halides is 1. The van der Waals surface area contributed by atoms with Gasteiger partial charge in [-0.3, -0.25) is 9.89 Å². The van der Waals surface area contributed by atoms with Gasteiger partial charge in [0.05, 0.1) is 18.3 Å². The standard InChI is InChI=1S/C22H20FN5O/c1-14-2-4-18-17(11-25-26-18)20(14)16-3-5-19-15(10-16)6-8-28(19)21(29)22(23)7-9-27(12-22)13-24/h2-5,10-11H,6-9,12H2,1H3,(H,25,26). The summed E-state index contributed by atoms with van der Waals surface area (Å²) >= 11 is 0. The Kier molecular flexibility index (Phi) is 3.85. The number of rotatable bonds is 2. The molecular formula is C22H20FN5O. The molecule has 1 saturated heterocycles. The van der Waals surface area contributed by atoms with Crippen LogP contribution in [0, 0.1) is 18.4 Å². The van der Waals surface area contributed by atoms with Gasteiger partial charge in [-0.1, -0.05) is 12.1 Å². The lowest BCUT2D eigenvalue weighted by molar-refractivity contribution is -0.129. The lowest BCUT2D eigenvalue weighted by Gasteiger charge is -2.25. The summed E-state index contributed by atoms with van der Waals surface area (Å²) in [6.45, 7) is 2.66. The zero-order chi connectivity index (χ0) is 20.2. The fraction of sp³-hybridized carbons (Fsp3) is 0.318. The highest BCUT2D eigenvalue weighted by Crippen LogP contribution is 2.38. The van der Waals surface area contributed by atoms with E-state index in [-0.39, 0.29) is 19.5 Å². The van der Waals surface area contributed by atoms with Gasteiger partial charge in [0.2, 0.25) is 5.67 Å². The molecule has 6 nitrogen and oxygen atoms in total. The van der Waals surface area contributed by atoms with Crippen LogP contribution in [-0.2, 0) is 11.2 Å². The highest BCUT2D eigenvalue weighted by Gasteiger charge is 2.48. The van der Waals surface area contributed by atoms with Crippen LogP contribution in [0.2, 0.25) is 0 Å². The van der Waals surface area contributed by atoms with Crippen molar-refractivity contribution in [3.8, 4) is 17.3 Å². The number of nitrogens with one attached hydrogen (secondary N) is 1. The molecule has 3 heterocycles. The van der Waals surface area contributed by atoms with Gasteiger partial charge in [0.25, 0.3) is 5.91 Å². The number of hydrogen-bond acceptors (Lipinski definition) is 4. The second kappa shape index (κ2) is 6.31. The lowest BCUT2D eigenvalue weighted by Crippen LogP contribution is -2.47. The Morgan fingerprint density at radius 2 is 2.17 bits per heavy atom. The topological polar surface area (TPSA) is 76.0 Å². The number of aromatic amines is 1. The maximum absolute atomic E-state index is 15.2. The third-order valence-corrected chi connectivity index (χ3v) is 6.09. The van der Waals surface area contributed by atoms with Gasteiger partial charge in [-0.05, 0) is 53.8 Å². The molecule has 1 unspecified atom stereocenters. The molecule has 1 amide bonds. The van der Waals surface area contributed by atoms with Crippen LogP contribution in [0.4, 0.5) is 10.1 Å². The van der Waals surface area contributed by atoms with E-state index in [1.807, 2.05) is 30.6 Å². The number of likely N-dealkylation sites (tertiary alicyclic amines) is 1. The highest BCUT2D eigenvalue weighted by atomic mass is 19.1. The van der Waals surface area contributed by atoms with Crippen LogP contribution in [0.15, 0.2) is 36.5 Å². The minimum atomic E-state index is -1.99. The first-order valence-electron chi connectivity index (χ1n) is 9.72. The van der Waals surface area contributed by atoms with Crippen LogP contribution in [0.3, 0.4) is 0 Å². The van der Waals surface area contributed by atoms with Gasteiger partial charge in [0.1, 0.15) is 0 Å². The molecule has 0 saturated carbocycles. The average Bonchev–Trinajstić information content (AvgIpc) is 3.45. The van der Waals surface area contributed by atoms with E-state index >= 15 is 4.39 Å². The number of anilines is 1. The monoisotopic (exact) mass is 389 g/mol.